The Balaban J connectivity index is 1.71. The predicted octanol–water partition coefficient (Wildman–Crippen LogP) is 3.95. The third-order valence-electron chi connectivity index (χ3n) is 4.31. The summed E-state index contributed by atoms with van der Waals surface area (Å²) in [5.74, 6) is 1.53. The van der Waals surface area contributed by atoms with Crippen molar-refractivity contribution in [3.05, 3.63) is 70.3 Å². The summed E-state index contributed by atoms with van der Waals surface area (Å²) < 4.78 is 11.1. The number of thioether (sulfide) groups is 1. The molecule has 1 aliphatic heterocycles. The first-order chi connectivity index (χ1) is 14.1. The zero-order chi connectivity index (χ0) is 20.6. The topological polar surface area (TPSA) is 76.7 Å². The lowest BCUT2D eigenvalue weighted by atomic mass is 10.1. The van der Waals surface area contributed by atoms with Crippen LogP contribution in [0.25, 0.3) is 0 Å². The summed E-state index contributed by atoms with van der Waals surface area (Å²) in [6.45, 7) is 5.16. The molecule has 1 aliphatic rings. The van der Waals surface area contributed by atoms with Crippen LogP contribution in [0, 0.1) is 0 Å². The van der Waals surface area contributed by atoms with Gasteiger partial charge in [-0.25, -0.2) is 0 Å². The molecule has 0 bridgehead atoms. The number of ether oxygens (including phenoxy) is 2. The van der Waals surface area contributed by atoms with Crippen LogP contribution in [0.1, 0.15) is 29.8 Å². The van der Waals surface area contributed by atoms with Gasteiger partial charge in [-0.3, -0.25) is 9.59 Å². The van der Waals surface area contributed by atoms with Gasteiger partial charge in [-0.05, 0) is 32.0 Å². The molecule has 0 saturated heterocycles. The molecule has 0 aliphatic carbocycles. The van der Waals surface area contributed by atoms with E-state index < -0.39 is 0 Å². The van der Waals surface area contributed by atoms with Crippen LogP contribution >= 0.6 is 11.8 Å². The minimum Gasteiger partial charge on any atom is -0.496 e. The van der Waals surface area contributed by atoms with Gasteiger partial charge in [0, 0.05) is 17.9 Å². The van der Waals surface area contributed by atoms with E-state index in [1.165, 1.54) is 11.8 Å². The molecule has 152 valence electrons. The van der Waals surface area contributed by atoms with Crippen LogP contribution in [0.4, 0.5) is 5.69 Å². The largest absolute Gasteiger partial charge is 0.496 e. The van der Waals surface area contributed by atoms with Gasteiger partial charge in [0.05, 0.1) is 24.5 Å². The van der Waals surface area contributed by atoms with Crippen LogP contribution in [0.3, 0.4) is 0 Å². The Kier molecular flexibility index (Phi) is 7.19. The van der Waals surface area contributed by atoms with Crippen molar-refractivity contribution in [2.75, 3.05) is 24.3 Å². The molecule has 0 unspecified atom stereocenters. The van der Waals surface area contributed by atoms with Gasteiger partial charge in [-0.15, -0.1) is 11.8 Å². The van der Waals surface area contributed by atoms with E-state index in [9.17, 15) is 9.59 Å². The van der Waals surface area contributed by atoms with E-state index in [1.807, 2.05) is 31.2 Å². The number of amides is 2. The molecule has 0 radical (unpaired) electrons. The molecular formula is C22H24N2O4S. The molecule has 0 atom stereocenters. The van der Waals surface area contributed by atoms with Gasteiger partial charge in [-0.2, -0.15) is 0 Å². The van der Waals surface area contributed by atoms with Gasteiger partial charge < -0.3 is 20.1 Å². The number of hydrogen-bond acceptors (Lipinski definition) is 5. The molecule has 2 amide bonds. The number of anilines is 1. The number of allylic oxidation sites excluding steroid dienone is 1. The van der Waals surface area contributed by atoms with E-state index >= 15 is 0 Å². The monoisotopic (exact) mass is 412 g/mol. The summed E-state index contributed by atoms with van der Waals surface area (Å²) >= 11 is 1.45. The molecule has 0 aromatic heterocycles. The van der Waals surface area contributed by atoms with Crippen molar-refractivity contribution in [3.63, 3.8) is 0 Å². The highest BCUT2D eigenvalue weighted by Gasteiger charge is 2.21. The summed E-state index contributed by atoms with van der Waals surface area (Å²) in [5, 5.41) is 5.74. The number of nitrogens with one attached hydrogen (secondary N) is 2. The second-order valence-electron chi connectivity index (χ2n) is 6.31. The Morgan fingerprint density at radius 1 is 1.10 bits per heavy atom. The maximum Gasteiger partial charge on any atom is 0.265 e. The fraction of sp³-hybridized carbons (Fsp3) is 0.273. The number of para-hydroxylation sites is 2. The molecule has 3 rings (SSSR count). The Morgan fingerprint density at radius 2 is 1.86 bits per heavy atom. The Labute approximate surface area is 174 Å². The van der Waals surface area contributed by atoms with Gasteiger partial charge in [0.15, 0.2) is 0 Å². The molecule has 0 spiro atoms. The summed E-state index contributed by atoms with van der Waals surface area (Å²) in [4.78, 5) is 26.0. The Morgan fingerprint density at radius 3 is 2.66 bits per heavy atom. The van der Waals surface area contributed by atoms with E-state index in [2.05, 4.69) is 10.6 Å². The molecule has 0 fully saturated rings. The van der Waals surface area contributed by atoms with Crippen molar-refractivity contribution in [2.24, 2.45) is 0 Å². The second-order valence-corrected chi connectivity index (χ2v) is 7.41. The lowest BCUT2D eigenvalue weighted by Crippen LogP contribution is -2.25. The smallest absolute Gasteiger partial charge is 0.265 e. The Hall–Kier alpha value is -2.93. The Bertz CT molecular complexity index is 927. The molecule has 7 heteroatoms. The first kappa shape index (κ1) is 20.8. The summed E-state index contributed by atoms with van der Waals surface area (Å²) in [6, 6.07) is 14.5. The molecule has 2 N–H and O–H groups in total. The van der Waals surface area contributed by atoms with Gasteiger partial charge in [0.2, 0.25) is 0 Å². The van der Waals surface area contributed by atoms with E-state index in [1.54, 1.807) is 31.2 Å². The van der Waals surface area contributed by atoms with Crippen molar-refractivity contribution < 1.29 is 19.1 Å². The van der Waals surface area contributed by atoms with Gasteiger partial charge in [0.25, 0.3) is 11.8 Å². The van der Waals surface area contributed by atoms with E-state index in [0.29, 0.717) is 41.7 Å². The van der Waals surface area contributed by atoms with Crippen LogP contribution in [0.15, 0.2) is 59.2 Å². The molecule has 29 heavy (non-hydrogen) atoms. The fourth-order valence-electron chi connectivity index (χ4n) is 2.92. The maximum absolute atomic E-state index is 12.8. The average molecular weight is 413 g/mol. The van der Waals surface area contributed by atoms with Gasteiger partial charge >= 0.3 is 0 Å². The van der Waals surface area contributed by atoms with Crippen molar-refractivity contribution in [1.82, 2.24) is 5.32 Å². The van der Waals surface area contributed by atoms with Crippen LogP contribution in [-0.4, -0.2) is 30.8 Å². The summed E-state index contributed by atoms with van der Waals surface area (Å²) in [6.07, 6.45) is 0. The third-order valence-corrected chi connectivity index (χ3v) is 5.44. The van der Waals surface area contributed by atoms with Crippen molar-refractivity contribution >= 4 is 29.3 Å². The highest BCUT2D eigenvalue weighted by molar-refractivity contribution is 8.04. The summed E-state index contributed by atoms with van der Waals surface area (Å²) in [7, 11) is 0. The molecule has 1 heterocycles. The van der Waals surface area contributed by atoms with Crippen molar-refractivity contribution in [2.45, 2.75) is 20.4 Å². The quantitative estimate of drug-likeness (QED) is 0.720. The minimum atomic E-state index is -0.273. The van der Waals surface area contributed by atoms with E-state index in [4.69, 9.17) is 9.47 Å². The molecule has 2 aromatic rings. The second kappa shape index (κ2) is 10.0. The number of benzene rings is 2. The fourth-order valence-corrected chi connectivity index (χ4v) is 3.73. The van der Waals surface area contributed by atoms with Crippen LogP contribution in [-0.2, 0) is 16.1 Å². The molecule has 6 nitrogen and oxygen atoms in total. The van der Waals surface area contributed by atoms with Crippen LogP contribution in [0.5, 0.6) is 5.75 Å². The lowest BCUT2D eigenvalue weighted by Gasteiger charge is -2.18. The molecular weight excluding hydrogens is 388 g/mol. The maximum atomic E-state index is 12.8. The highest BCUT2D eigenvalue weighted by Crippen LogP contribution is 2.27. The van der Waals surface area contributed by atoms with E-state index in [0.717, 1.165) is 17.1 Å². The zero-order valence-corrected chi connectivity index (χ0v) is 17.3. The van der Waals surface area contributed by atoms with Gasteiger partial charge in [0.1, 0.15) is 16.4 Å². The lowest BCUT2D eigenvalue weighted by molar-refractivity contribution is -0.112. The normalized spacial score (nSPS) is 13.4. The molecule has 0 saturated carbocycles. The number of carbonyl (C=O) groups excluding carboxylic acids is 2. The number of carbonyl (C=O) groups is 2. The van der Waals surface area contributed by atoms with E-state index in [-0.39, 0.29) is 11.8 Å². The standard InChI is InChI=1S/C22H24N2O4S/c1-3-27-19-11-7-4-8-16(19)14-23-21(25)17-9-5-6-10-18(17)24-22(26)20-15(2)28-12-13-29-20/h4-11H,3,12-14H2,1-2H3,(H,23,25)(H,24,26). The van der Waals surface area contributed by atoms with Crippen molar-refractivity contribution in [1.29, 1.82) is 0 Å². The average Bonchev–Trinajstić information content (AvgIpc) is 2.74. The minimum absolute atomic E-state index is 0.269. The first-order valence-corrected chi connectivity index (χ1v) is 10.4. The van der Waals surface area contributed by atoms with Crippen molar-refractivity contribution in [3.8, 4) is 5.75 Å². The number of rotatable bonds is 7. The van der Waals surface area contributed by atoms with Crippen LogP contribution in [0.2, 0.25) is 0 Å². The number of hydrogen-bond donors (Lipinski definition) is 2. The summed E-state index contributed by atoms with van der Waals surface area (Å²) in [5.41, 5.74) is 1.75. The van der Waals surface area contributed by atoms with Gasteiger partial charge in [-0.1, -0.05) is 30.3 Å². The first-order valence-electron chi connectivity index (χ1n) is 9.46. The SMILES string of the molecule is CCOc1ccccc1CNC(=O)c1ccccc1NC(=O)C1=C(C)OCCS1. The predicted molar refractivity (Wildman–Crippen MR) is 115 cm³/mol. The van der Waals surface area contributed by atoms with Crippen LogP contribution < -0.4 is 15.4 Å². The highest BCUT2D eigenvalue weighted by atomic mass is 32.2. The third kappa shape index (κ3) is 5.32. The zero-order valence-electron chi connectivity index (χ0n) is 16.5. The molecule has 2 aromatic carbocycles.